The zero-order chi connectivity index (χ0) is 14.6. The van der Waals surface area contributed by atoms with Gasteiger partial charge in [0.2, 0.25) is 0 Å². The molecule has 2 heterocycles. The standard InChI is InChI=1S/C16H20O4/c1-9-5-6-16-13(3)8-19-12(18)14(13,4)10(2)15(9,16)7-11(17)20-16/h10H,1,5-8H2,2-4H3/t10-,13+,14-,15-,16-/m0/s1. The number of rotatable bonds is 0. The largest absolute Gasteiger partial charge is 0.464 e. The SMILES string of the molecule is C=C1CC[C@@]23OC(=O)C[C@@]12[C@@H](C)[C@@]1(C)C(=O)OC[C@@]31C. The summed E-state index contributed by atoms with van der Waals surface area (Å²) in [4.78, 5) is 24.5. The second kappa shape index (κ2) is 2.97. The minimum Gasteiger partial charge on any atom is -0.464 e. The van der Waals surface area contributed by atoms with E-state index in [1.165, 1.54) is 0 Å². The Kier molecular flexibility index (Phi) is 1.85. The van der Waals surface area contributed by atoms with Crippen molar-refractivity contribution >= 4 is 11.9 Å². The molecule has 4 heteroatoms. The molecule has 2 saturated carbocycles. The molecule has 108 valence electrons. The third-order valence-electron chi connectivity index (χ3n) is 7.40. The van der Waals surface area contributed by atoms with Crippen LogP contribution in [0.1, 0.15) is 40.0 Å². The number of carbonyl (C=O) groups is 2. The molecule has 0 radical (unpaired) electrons. The van der Waals surface area contributed by atoms with Crippen LogP contribution in [0.5, 0.6) is 0 Å². The molecule has 0 bridgehead atoms. The molecule has 0 aromatic heterocycles. The van der Waals surface area contributed by atoms with Crippen LogP contribution in [0.15, 0.2) is 12.2 Å². The molecule has 0 unspecified atom stereocenters. The Morgan fingerprint density at radius 2 is 2.00 bits per heavy atom. The Hall–Kier alpha value is -1.32. The van der Waals surface area contributed by atoms with Crippen LogP contribution in [-0.4, -0.2) is 24.1 Å². The molecule has 2 aliphatic heterocycles. The first kappa shape index (κ1) is 12.4. The van der Waals surface area contributed by atoms with Crippen molar-refractivity contribution in [3.05, 3.63) is 12.2 Å². The van der Waals surface area contributed by atoms with Crippen LogP contribution in [0.3, 0.4) is 0 Å². The molecule has 4 aliphatic rings. The molecule has 0 aromatic carbocycles. The molecule has 2 saturated heterocycles. The number of hydrogen-bond donors (Lipinski definition) is 0. The van der Waals surface area contributed by atoms with Crippen molar-refractivity contribution in [1.82, 2.24) is 0 Å². The van der Waals surface area contributed by atoms with Gasteiger partial charge in [0.15, 0.2) is 0 Å². The summed E-state index contributed by atoms with van der Waals surface area (Å²) in [5.74, 6) is -0.289. The second-order valence-electron chi connectivity index (χ2n) is 7.39. The lowest BCUT2D eigenvalue weighted by atomic mass is 9.62. The first-order chi connectivity index (χ1) is 9.26. The summed E-state index contributed by atoms with van der Waals surface area (Å²) in [6, 6.07) is 0. The molecular formula is C16H20O4. The van der Waals surface area contributed by atoms with Crippen molar-refractivity contribution in [2.45, 2.75) is 45.6 Å². The van der Waals surface area contributed by atoms with Crippen molar-refractivity contribution in [3.8, 4) is 0 Å². The fourth-order valence-electron chi connectivity index (χ4n) is 6.03. The monoisotopic (exact) mass is 276 g/mol. The maximum absolute atomic E-state index is 12.4. The number of fused-ring (bicyclic) bond motifs is 1. The summed E-state index contributed by atoms with van der Waals surface area (Å²) in [5.41, 5.74) is -0.957. The quantitative estimate of drug-likeness (QED) is 0.503. The van der Waals surface area contributed by atoms with Gasteiger partial charge < -0.3 is 9.47 Å². The summed E-state index contributed by atoms with van der Waals surface area (Å²) in [6.07, 6.45) is 2.01. The van der Waals surface area contributed by atoms with Gasteiger partial charge in [0, 0.05) is 5.41 Å². The van der Waals surface area contributed by atoms with Gasteiger partial charge in [-0.1, -0.05) is 26.0 Å². The van der Waals surface area contributed by atoms with Gasteiger partial charge in [0.1, 0.15) is 12.2 Å². The first-order valence-electron chi connectivity index (χ1n) is 7.34. The molecule has 4 nitrogen and oxygen atoms in total. The van der Waals surface area contributed by atoms with E-state index in [9.17, 15) is 9.59 Å². The first-order valence-corrected chi connectivity index (χ1v) is 7.34. The van der Waals surface area contributed by atoms with Crippen molar-refractivity contribution < 1.29 is 19.1 Å². The fourth-order valence-corrected chi connectivity index (χ4v) is 6.03. The Morgan fingerprint density at radius 1 is 1.30 bits per heavy atom. The molecule has 5 atom stereocenters. The van der Waals surface area contributed by atoms with Crippen LogP contribution in [0.4, 0.5) is 0 Å². The molecular weight excluding hydrogens is 256 g/mol. The van der Waals surface area contributed by atoms with Crippen molar-refractivity contribution in [1.29, 1.82) is 0 Å². The lowest BCUT2D eigenvalue weighted by Gasteiger charge is -2.42. The van der Waals surface area contributed by atoms with E-state index in [4.69, 9.17) is 9.47 Å². The molecule has 0 N–H and O–H groups in total. The Bertz CT molecular complexity index is 581. The van der Waals surface area contributed by atoms with Gasteiger partial charge in [0.25, 0.3) is 0 Å². The van der Waals surface area contributed by atoms with E-state index < -0.39 is 16.4 Å². The normalized spacial score (nSPS) is 56.4. The average molecular weight is 276 g/mol. The zero-order valence-electron chi connectivity index (χ0n) is 12.2. The predicted octanol–water partition coefficient (Wildman–Crippen LogP) is 2.23. The van der Waals surface area contributed by atoms with Gasteiger partial charge in [-0.25, -0.2) is 0 Å². The second-order valence-corrected chi connectivity index (χ2v) is 7.39. The van der Waals surface area contributed by atoms with Gasteiger partial charge in [-0.15, -0.1) is 0 Å². The van der Waals surface area contributed by atoms with Crippen LogP contribution in [0.25, 0.3) is 0 Å². The highest BCUT2D eigenvalue weighted by Crippen LogP contribution is 2.81. The Labute approximate surface area is 118 Å². The van der Waals surface area contributed by atoms with E-state index in [1.807, 2.05) is 6.92 Å². The summed E-state index contributed by atoms with van der Waals surface area (Å²) in [7, 11) is 0. The van der Waals surface area contributed by atoms with Crippen LogP contribution < -0.4 is 0 Å². The highest BCUT2D eigenvalue weighted by atomic mass is 16.6. The summed E-state index contributed by atoms with van der Waals surface area (Å²) < 4.78 is 11.3. The molecule has 4 rings (SSSR count). The smallest absolute Gasteiger partial charge is 0.312 e. The van der Waals surface area contributed by atoms with Crippen LogP contribution >= 0.6 is 0 Å². The minimum atomic E-state index is -0.603. The van der Waals surface area contributed by atoms with E-state index >= 15 is 0 Å². The Balaban J connectivity index is 2.06. The lowest BCUT2D eigenvalue weighted by molar-refractivity contribution is -0.166. The van der Waals surface area contributed by atoms with Crippen molar-refractivity contribution in [3.63, 3.8) is 0 Å². The molecule has 0 spiro atoms. The Morgan fingerprint density at radius 3 is 2.70 bits per heavy atom. The molecule has 0 amide bonds. The van der Waals surface area contributed by atoms with Gasteiger partial charge in [-0.3, -0.25) is 9.59 Å². The van der Waals surface area contributed by atoms with Crippen molar-refractivity contribution in [2.75, 3.05) is 6.61 Å². The van der Waals surface area contributed by atoms with Gasteiger partial charge >= 0.3 is 11.9 Å². The number of hydrogen-bond acceptors (Lipinski definition) is 4. The van der Waals surface area contributed by atoms with E-state index in [0.29, 0.717) is 13.0 Å². The maximum atomic E-state index is 12.4. The van der Waals surface area contributed by atoms with E-state index in [2.05, 4.69) is 20.4 Å². The number of esters is 2. The summed E-state index contributed by atoms with van der Waals surface area (Å²) >= 11 is 0. The number of ether oxygens (including phenoxy) is 2. The third kappa shape index (κ3) is 0.798. The van der Waals surface area contributed by atoms with Crippen LogP contribution in [0, 0.1) is 22.2 Å². The predicted molar refractivity (Wildman–Crippen MR) is 70.6 cm³/mol. The molecule has 2 aliphatic carbocycles. The van der Waals surface area contributed by atoms with Crippen LogP contribution in [0.2, 0.25) is 0 Å². The van der Waals surface area contributed by atoms with E-state index in [1.54, 1.807) is 0 Å². The summed E-state index contributed by atoms with van der Waals surface area (Å²) in [6.45, 7) is 10.7. The zero-order valence-corrected chi connectivity index (χ0v) is 12.2. The fraction of sp³-hybridized carbons (Fsp3) is 0.750. The van der Waals surface area contributed by atoms with E-state index in [0.717, 1.165) is 18.4 Å². The highest BCUT2D eigenvalue weighted by molar-refractivity contribution is 5.85. The average Bonchev–Trinajstić information content (AvgIpc) is 2.97. The summed E-state index contributed by atoms with van der Waals surface area (Å²) in [5, 5.41) is 0. The van der Waals surface area contributed by atoms with Gasteiger partial charge in [0.05, 0.1) is 17.3 Å². The highest BCUT2D eigenvalue weighted by Gasteiger charge is 2.88. The third-order valence-corrected chi connectivity index (χ3v) is 7.40. The van der Waals surface area contributed by atoms with Gasteiger partial charge in [-0.2, -0.15) is 0 Å². The minimum absolute atomic E-state index is 0.0106. The van der Waals surface area contributed by atoms with Crippen molar-refractivity contribution in [2.24, 2.45) is 22.2 Å². The van der Waals surface area contributed by atoms with Crippen LogP contribution in [-0.2, 0) is 19.1 Å². The van der Waals surface area contributed by atoms with E-state index in [-0.39, 0.29) is 23.3 Å². The topological polar surface area (TPSA) is 52.6 Å². The molecule has 4 fully saturated rings. The maximum Gasteiger partial charge on any atom is 0.312 e. The molecule has 20 heavy (non-hydrogen) atoms. The number of cyclic esters (lactones) is 1. The molecule has 0 aromatic rings. The number of carbonyl (C=O) groups excluding carboxylic acids is 2. The van der Waals surface area contributed by atoms with Gasteiger partial charge in [-0.05, 0) is 25.7 Å². The lowest BCUT2D eigenvalue weighted by Crippen LogP contribution is -2.52.